The predicted molar refractivity (Wildman–Crippen MR) is 144 cm³/mol. The SMILES string of the molecule is CN(C)c1ccc(/C=C/C=C/c2[te]c3cc4c(cc3[n+]2C)OCCOCCOCCOCCO4)cc1. The van der Waals surface area contributed by atoms with E-state index in [1.54, 1.807) is 0 Å². The van der Waals surface area contributed by atoms with Crippen LogP contribution in [-0.4, -0.2) is 87.4 Å². The van der Waals surface area contributed by atoms with Gasteiger partial charge >= 0.3 is 224 Å². The zero-order valence-electron chi connectivity index (χ0n) is 21.3. The zero-order chi connectivity index (χ0) is 25.2. The Balaban J connectivity index is 1.48. The molecule has 0 saturated heterocycles. The maximum atomic E-state index is 6.06. The summed E-state index contributed by atoms with van der Waals surface area (Å²) in [6.45, 7) is 4.17. The first-order valence-corrected chi connectivity index (χ1v) is 14.5. The minimum atomic E-state index is -0.538. The van der Waals surface area contributed by atoms with E-state index in [0.29, 0.717) is 52.9 Å². The molecule has 4 rings (SSSR count). The predicted octanol–water partition coefficient (Wildman–Crippen LogP) is 3.33. The van der Waals surface area contributed by atoms with Crippen molar-refractivity contribution in [1.29, 1.82) is 0 Å². The van der Waals surface area contributed by atoms with Crippen molar-refractivity contribution < 1.29 is 28.3 Å². The molecule has 0 unspecified atom stereocenters. The molecular formula is C28H35N2O5Te+. The van der Waals surface area contributed by atoms with E-state index in [4.69, 9.17) is 23.7 Å². The second kappa shape index (κ2) is 13.8. The Hall–Kier alpha value is -2.34. The molecule has 0 amide bonds. The van der Waals surface area contributed by atoms with E-state index in [0.717, 1.165) is 11.5 Å². The first kappa shape index (κ1) is 26.7. The quantitative estimate of drug-likeness (QED) is 0.258. The molecule has 0 spiro atoms. The van der Waals surface area contributed by atoms with Crippen LogP contribution in [0.5, 0.6) is 11.5 Å². The van der Waals surface area contributed by atoms with Crippen LogP contribution < -0.4 is 18.9 Å². The Morgan fingerprint density at radius 1 is 0.750 bits per heavy atom. The van der Waals surface area contributed by atoms with Crippen molar-refractivity contribution in [1.82, 2.24) is 0 Å². The maximum absolute atomic E-state index is 6.06. The van der Waals surface area contributed by atoms with E-state index in [2.05, 4.69) is 91.3 Å². The Morgan fingerprint density at radius 2 is 1.31 bits per heavy atom. The van der Waals surface area contributed by atoms with Gasteiger partial charge in [-0.1, -0.05) is 0 Å². The summed E-state index contributed by atoms with van der Waals surface area (Å²) in [4.78, 5) is 2.10. The zero-order valence-corrected chi connectivity index (χ0v) is 23.6. The van der Waals surface area contributed by atoms with E-state index < -0.39 is 20.4 Å². The number of aromatic nitrogens is 1. The number of hydrogen-bond donors (Lipinski definition) is 0. The molecule has 0 radical (unpaired) electrons. The van der Waals surface area contributed by atoms with E-state index >= 15 is 0 Å². The number of fused-ring (bicyclic) bond motifs is 2. The number of hydrogen-bond acceptors (Lipinski definition) is 6. The molecule has 0 N–H and O–H groups in total. The third-order valence-electron chi connectivity index (χ3n) is 5.69. The van der Waals surface area contributed by atoms with Gasteiger partial charge in [0.05, 0.1) is 0 Å². The average Bonchev–Trinajstić information content (AvgIpc) is 3.18. The number of ether oxygens (including phenoxy) is 5. The fourth-order valence-electron chi connectivity index (χ4n) is 3.70. The van der Waals surface area contributed by atoms with E-state index in [9.17, 15) is 0 Å². The Labute approximate surface area is 223 Å². The van der Waals surface area contributed by atoms with E-state index in [1.807, 2.05) is 0 Å². The Bertz CT molecular complexity index is 1170. The first-order valence-electron chi connectivity index (χ1n) is 12.2. The normalized spacial score (nSPS) is 16.3. The third kappa shape index (κ3) is 7.58. The molecular weight excluding hydrogens is 572 g/mol. The van der Waals surface area contributed by atoms with Crippen molar-refractivity contribution in [3.05, 3.63) is 57.8 Å². The molecule has 2 aromatic carbocycles. The number of aryl methyl sites for hydroxylation is 1. The molecule has 0 saturated carbocycles. The number of rotatable bonds is 4. The number of nitrogens with zero attached hydrogens (tertiary/aromatic N) is 2. The van der Waals surface area contributed by atoms with Crippen molar-refractivity contribution in [2.24, 2.45) is 7.05 Å². The summed E-state index contributed by atoms with van der Waals surface area (Å²) >= 11 is -0.538. The molecule has 7 nitrogen and oxygen atoms in total. The molecule has 0 atom stereocenters. The number of anilines is 1. The average molecular weight is 607 g/mol. The van der Waals surface area contributed by atoms with Crippen LogP contribution in [0.3, 0.4) is 0 Å². The fourth-order valence-corrected chi connectivity index (χ4v) is 6.76. The van der Waals surface area contributed by atoms with Crippen molar-refractivity contribution >= 4 is 47.2 Å². The summed E-state index contributed by atoms with van der Waals surface area (Å²) in [5.41, 5.74) is 3.57. The van der Waals surface area contributed by atoms with Gasteiger partial charge in [0.15, 0.2) is 0 Å². The van der Waals surface area contributed by atoms with Gasteiger partial charge in [-0.2, -0.15) is 0 Å². The summed E-state index contributed by atoms with van der Waals surface area (Å²) < 4.78 is 33.7. The molecule has 0 fully saturated rings. The van der Waals surface area contributed by atoms with Crippen molar-refractivity contribution in [3.8, 4) is 11.5 Å². The Morgan fingerprint density at radius 3 is 1.92 bits per heavy atom. The topological polar surface area (TPSA) is 53.3 Å². The van der Waals surface area contributed by atoms with Gasteiger partial charge in [-0.3, -0.25) is 0 Å². The summed E-state index contributed by atoms with van der Waals surface area (Å²) in [5, 5.41) is 0. The number of allylic oxidation sites excluding steroid dienone is 2. The molecule has 1 aromatic heterocycles. The molecule has 1 aliphatic rings. The van der Waals surface area contributed by atoms with Crippen LogP contribution in [0.1, 0.15) is 9.27 Å². The van der Waals surface area contributed by atoms with Gasteiger partial charge in [-0.05, 0) is 0 Å². The molecule has 36 heavy (non-hydrogen) atoms. The Kier molecular flexibility index (Phi) is 10.3. The summed E-state index contributed by atoms with van der Waals surface area (Å²) in [5.74, 6) is 1.52. The van der Waals surface area contributed by atoms with Crippen molar-refractivity contribution in [3.63, 3.8) is 0 Å². The third-order valence-corrected chi connectivity index (χ3v) is 9.02. The molecule has 3 aromatic rings. The van der Waals surface area contributed by atoms with Gasteiger partial charge < -0.3 is 0 Å². The molecule has 192 valence electrons. The van der Waals surface area contributed by atoms with Crippen molar-refractivity contribution in [2.75, 3.05) is 71.9 Å². The van der Waals surface area contributed by atoms with Gasteiger partial charge in [0.25, 0.3) is 0 Å². The summed E-state index contributed by atoms with van der Waals surface area (Å²) in [6, 6.07) is 12.8. The van der Waals surface area contributed by atoms with E-state index in [1.165, 1.54) is 23.9 Å². The van der Waals surface area contributed by atoms with Crippen LogP contribution in [0, 0.1) is 0 Å². The molecule has 0 aliphatic carbocycles. The van der Waals surface area contributed by atoms with Crippen molar-refractivity contribution in [2.45, 2.75) is 0 Å². The molecule has 1 aliphatic heterocycles. The molecule has 8 heteroatoms. The van der Waals surface area contributed by atoms with Gasteiger partial charge in [0.2, 0.25) is 0 Å². The molecule has 0 bridgehead atoms. The summed E-state index contributed by atoms with van der Waals surface area (Å²) in [6.07, 6.45) is 8.58. The monoisotopic (exact) mass is 609 g/mol. The van der Waals surface area contributed by atoms with Crippen LogP contribution in [0.2, 0.25) is 0 Å². The molecule has 2 heterocycles. The van der Waals surface area contributed by atoms with Crippen LogP contribution >= 0.6 is 0 Å². The van der Waals surface area contributed by atoms with Crippen LogP contribution in [0.25, 0.3) is 21.1 Å². The van der Waals surface area contributed by atoms with Gasteiger partial charge in [0, 0.05) is 0 Å². The van der Waals surface area contributed by atoms with Crippen LogP contribution in [0.4, 0.5) is 5.69 Å². The van der Waals surface area contributed by atoms with Gasteiger partial charge in [-0.15, -0.1) is 0 Å². The second-order valence-corrected chi connectivity index (χ2v) is 11.5. The van der Waals surface area contributed by atoms with Gasteiger partial charge in [-0.25, -0.2) is 0 Å². The first-order chi connectivity index (χ1) is 17.6. The van der Waals surface area contributed by atoms with E-state index in [-0.39, 0.29) is 0 Å². The summed E-state index contributed by atoms with van der Waals surface area (Å²) in [7, 11) is 6.22. The van der Waals surface area contributed by atoms with Gasteiger partial charge in [0.1, 0.15) is 0 Å². The standard InChI is InChI=1S/C28H35N2O5Te/c1-29(2)23-10-8-22(9-11-23)6-4-5-7-28-30(3)24-20-25-26(21-27(24)36-28)35-19-17-33-15-13-31-12-14-32-16-18-34-25/h4-11,20-21H,12-19H2,1-3H3/q+1. The minimum absolute atomic E-state index is 0.461. The fraction of sp³-hybridized carbons (Fsp3) is 0.393. The number of benzene rings is 2. The van der Waals surface area contributed by atoms with Crippen LogP contribution in [0.15, 0.2) is 48.6 Å². The van der Waals surface area contributed by atoms with Crippen LogP contribution in [-0.2, 0) is 21.3 Å². The second-order valence-electron chi connectivity index (χ2n) is 8.50.